The summed E-state index contributed by atoms with van der Waals surface area (Å²) in [4.78, 5) is 11.9. The fraction of sp³-hybridized carbons (Fsp3) is 0.263. The van der Waals surface area contributed by atoms with Crippen LogP contribution in [0, 0.1) is 13.8 Å². The monoisotopic (exact) mass is 342 g/mol. The molecule has 0 saturated heterocycles. The van der Waals surface area contributed by atoms with Gasteiger partial charge in [0, 0.05) is 11.6 Å². The summed E-state index contributed by atoms with van der Waals surface area (Å²) in [5.74, 6) is 1.63. The number of hydrogen-bond donors (Lipinski definition) is 1. The zero-order valence-corrected chi connectivity index (χ0v) is 14.8. The largest absolute Gasteiger partial charge is 0.497 e. The molecular weight excluding hydrogens is 320 g/mol. The minimum atomic E-state index is -0.343. The Morgan fingerprint density at radius 2 is 1.88 bits per heavy atom. The molecule has 1 amide bonds. The fourth-order valence-electron chi connectivity index (χ4n) is 2.14. The van der Waals surface area contributed by atoms with Crippen LogP contribution < -0.4 is 19.6 Å². The molecule has 0 bridgehead atoms. The summed E-state index contributed by atoms with van der Waals surface area (Å²) in [7, 11) is 3.14. The van der Waals surface area contributed by atoms with Gasteiger partial charge in [-0.05, 0) is 43.2 Å². The number of aryl methyl sites for hydroxylation is 2. The van der Waals surface area contributed by atoms with Gasteiger partial charge >= 0.3 is 0 Å². The lowest BCUT2D eigenvalue weighted by atomic mass is 10.1. The maximum absolute atomic E-state index is 11.9. The van der Waals surface area contributed by atoms with Gasteiger partial charge in [0.1, 0.15) is 17.2 Å². The van der Waals surface area contributed by atoms with Crippen molar-refractivity contribution in [2.24, 2.45) is 5.10 Å². The molecule has 6 nitrogen and oxygen atoms in total. The molecule has 2 rings (SSSR count). The van der Waals surface area contributed by atoms with Crippen LogP contribution in [0.25, 0.3) is 0 Å². The minimum Gasteiger partial charge on any atom is -0.497 e. The molecule has 0 fully saturated rings. The van der Waals surface area contributed by atoms with Gasteiger partial charge in [-0.25, -0.2) is 5.43 Å². The highest BCUT2D eigenvalue weighted by Gasteiger charge is 2.05. The highest BCUT2D eigenvalue weighted by Crippen LogP contribution is 2.23. The average Bonchev–Trinajstić information content (AvgIpc) is 2.62. The van der Waals surface area contributed by atoms with E-state index in [2.05, 4.69) is 10.5 Å². The highest BCUT2D eigenvalue weighted by molar-refractivity contribution is 5.85. The quantitative estimate of drug-likeness (QED) is 0.620. The molecule has 2 aromatic rings. The van der Waals surface area contributed by atoms with Crippen molar-refractivity contribution < 1.29 is 19.0 Å². The molecule has 0 aliphatic heterocycles. The van der Waals surface area contributed by atoms with Crippen LogP contribution >= 0.6 is 0 Å². The Morgan fingerprint density at radius 3 is 2.60 bits per heavy atom. The van der Waals surface area contributed by atoms with E-state index < -0.39 is 0 Å². The number of nitrogens with one attached hydrogen (secondary N) is 1. The van der Waals surface area contributed by atoms with E-state index in [0.29, 0.717) is 17.2 Å². The number of hydrazone groups is 1. The maximum Gasteiger partial charge on any atom is 0.277 e. The summed E-state index contributed by atoms with van der Waals surface area (Å²) in [5.41, 5.74) is 5.21. The first-order chi connectivity index (χ1) is 12.0. The predicted octanol–water partition coefficient (Wildman–Crippen LogP) is 2.85. The number of benzene rings is 2. The van der Waals surface area contributed by atoms with Crippen LogP contribution in [0.5, 0.6) is 17.2 Å². The van der Waals surface area contributed by atoms with Crippen LogP contribution in [0.2, 0.25) is 0 Å². The Bertz CT molecular complexity index is 772. The number of hydrogen-bond acceptors (Lipinski definition) is 5. The van der Waals surface area contributed by atoms with Crippen molar-refractivity contribution in [3.05, 3.63) is 53.1 Å². The van der Waals surface area contributed by atoms with Crippen LogP contribution in [0.3, 0.4) is 0 Å². The van der Waals surface area contributed by atoms with E-state index in [1.54, 1.807) is 32.4 Å². The van der Waals surface area contributed by atoms with Gasteiger partial charge in [0.25, 0.3) is 5.91 Å². The molecule has 132 valence electrons. The molecule has 0 atom stereocenters. The van der Waals surface area contributed by atoms with Gasteiger partial charge in [-0.3, -0.25) is 4.79 Å². The lowest BCUT2D eigenvalue weighted by Crippen LogP contribution is -2.24. The smallest absolute Gasteiger partial charge is 0.277 e. The molecule has 0 aliphatic rings. The molecule has 1 N–H and O–H groups in total. The summed E-state index contributed by atoms with van der Waals surface area (Å²) in [6.07, 6.45) is 1.51. The van der Waals surface area contributed by atoms with Crippen molar-refractivity contribution in [3.63, 3.8) is 0 Å². The van der Waals surface area contributed by atoms with Crippen LogP contribution in [0.1, 0.15) is 16.7 Å². The van der Waals surface area contributed by atoms with Crippen LogP contribution in [-0.4, -0.2) is 32.9 Å². The third-order valence-electron chi connectivity index (χ3n) is 3.54. The number of carbonyl (C=O) groups excluding carboxylic acids is 1. The highest BCUT2D eigenvalue weighted by atomic mass is 16.5. The molecule has 0 spiro atoms. The average molecular weight is 342 g/mol. The number of amides is 1. The van der Waals surface area contributed by atoms with Gasteiger partial charge in [0.05, 0.1) is 20.4 Å². The maximum atomic E-state index is 11.9. The summed E-state index contributed by atoms with van der Waals surface area (Å²) < 4.78 is 15.9. The first-order valence-electron chi connectivity index (χ1n) is 7.77. The number of carbonyl (C=O) groups is 1. The lowest BCUT2D eigenvalue weighted by molar-refractivity contribution is -0.123. The van der Waals surface area contributed by atoms with Crippen molar-refractivity contribution in [3.8, 4) is 17.2 Å². The molecular formula is C19H22N2O4. The van der Waals surface area contributed by atoms with Crippen LogP contribution in [0.4, 0.5) is 0 Å². The van der Waals surface area contributed by atoms with Crippen molar-refractivity contribution in [2.45, 2.75) is 13.8 Å². The second kappa shape index (κ2) is 8.73. The summed E-state index contributed by atoms with van der Waals surface area (Å²) in [6, 6.07) is 11.2. The molecule has 6 heteroatoms. The molecule has 0 saturated carbocycles. The Labute approximate surface area is 147 Å². The molecule has 25 heavy (non-hydrogen) atoms. The van der Waals surface area contributed by atoms with Gasteiger partial charge in [-0.15, -0.1) is 0 Å². The van der Waals surface area contributed by atoms with Gasteiger partial charge in [-0.1, -0.05) is 12.1 Å². The second-order valence-electron chi connectivity index (χ2n) is 5.46. The Kier molecular flexibility index (Phi) is 6.39. The van der Waals surface area contributed by atoms with E-state index in [-0.39, 0.29) is 12.5 Å². The summed E-state index contributed by atoms with van der Waals surface area (Å²) >= 11 is 0. The van der Waals surface area contributed by atoms with Crippen molar-refractivity contribution in [2.75, 3.05) is 20.8 Å². The molecule has 0 radical (unpaired) electrons. The van der Waals surface area contributed by atoms with Gasteiger partial charge in [-0.2, -0.15) is 5.10 Å². The van der Waals surface area contributed by atoms with E-state index in [9.17, 15) is 4.79 Å². The van der Waals surface area contributed by atoms with Crippen LogP contribution in [0.15, 0.2) is 41.5 Å². The van der Waals surface area contributed by atoms with Gasteiger partial charge in [0.2, 0.25) is 0 Å². The number of ether oxygens (including phenoxy) is 3. The topological polar surface area (TPSA) is 69.2 Å². The number of nitrogens with zero attached hydrogens (tertiary/aromatic N) is 1. The van der Waals surface area contributed by atoms with E-state index in [4.69, 9.17) is 14.2 Å². The van der Waals surface area contributed by atoms with E-state index in [1.165, 1.54) is 6.21 Å². The van der Waals surface area contributed by atoms with E-state index >= 15 is 0 Å². The van der Waals surface area contributed by atoms with Gasteiger partial charge < -0.3 is 14.2 Å². The van der Waals surface area contributed by atoms with Crippen molar-refractivity contribution in [1.82, 2.24) is 5.43 Å². The van der Waals surface area contributed by atoms with Crippen molar-refractivity contribution >= 4 is 12.1 Å². The zero-order chi connectivity index (χ0) is 18.2. The third-order valence-corrected chi connectivity index (χ3v) is 3.54. The summed E-state index contributed by atoms with van der Waals surface area (Å²) in [6.45, 7) is 3.79. The molecule has 0 aromatic heterocycles. The predicted molar refractivity (Wildman–Crippen MR) is 96.7 cm³/mol. The Balaban J connectivity index is 1.91. The molecule has 0 unspecified atom stereocenters. The Morgan fingerprint density at radius 1 is 1.08 bits per heavy atom. The first-order valence-corrected chi connectivity index (χ1v) is 7.77. The van der Waals surface area contributed by atoms with E-state index in [1.807, 2.05) is 32.0 Å². The second-order valence-corrected chi connectivity index (χ2v) is 5.46. The summed E-state index contributed by atoms with van der Waals surface area (Å²) in [5, 5.41) is 3.93. The Hall–Kier alpha value is -3.02. The molecule has 0 heterocycles. The van der Waals surface area contributed by atoms with Crippen molar-refractivity contribution in [1.29, 1.82) is 0 Å². The normalized spacial score (nSPS) is 10.6. The standard InChI is InChI=1S/C19H22N2O4/c1-13-5-6-14(2)17(9-13)25-12-19(22)21-20-11-15-7-8-16(23-3)10-18(15)24-4/h5-11H,12H2,1-4H3,(H,21,22)/b20-11+. The van der Waals surface area contributed by atoms with E-state index in [0.717, 1.165) is 16.7 Å². The van der Waals surface area contributed by atoms with Crippen LogP contribution in [-0.2, 0) is 4.79 Å². The minimum absolute atomic E-state index is 0.110. The lowest BCUT2D eigenvalue weighted by Gasteiger charge is -2.09. The first kappa shape index (κ1) is 18.3. The third kappa shape index (κ3) is 5.24. The zero-order valence-electron chi connectivity index (χ0n) is 14.8. The molecule has 2 aromatic carbocycles. The molecule has 0 aliphatic carbocycles. The number of methoxy groups -OCH3 is 2. The SMILES string of the molecule is COc1ccc(/C=N/NC(=O)COc2cc(C)ccc2C)c(OC)c1. The number of rotatable bonds is 7. The fourth-order valence-corrected chi connectivity index (χ4v) is 2.14. The van der Waals surface area contributed by atoms with Gasteiger partial charge in [0.15, 0.2) is 6.61 Å².